The molecule has 2 unspecified atom stereocenters. The van der Waals surface area contributed by atoms with Crippen LogP contribution < -0.4 is 11.1 Å². The van der Waals surface area contributed by atoms with Gasteiger partial charge >= 0.3 is 5.97 Å². The Balaban J connectivity index is 1.41. The van der Waals surface area contributed by atoms with Crippen LogP contribution in [0.1, 0.15) is 31.0 Å². The van der Waals surface area contributed by atoms with Gasteiger partial charge in [0.15, 0.2) is 0 Å². The number of carbonyl (C=O) groups excluding carboxylic acids is 3. The van der Waals surface area contributed by atoms with Crippen molar-refractivity contribution in [2.75, 3.05) is 0 Å². The Morgan fingerprint density at radius 2 is 1.74 bits per heavy atom. The number of hydrogen-bond acceptors (Lipinski definition) is 6. The number of nitrogens with two attached hydrogens (primary N) is 1. The number of thioether (sulfide) groups is 1. The number of hydrogen-bond donors (Lipinski definition) is 2. The van der Waals surface area contributed by atoms with Crippen molar-refractivity contribution >= 4 is 29.5 Å². The van der Waals surface area contributed by atoms with Crippen LogP contribution in [-0.4, -0.2) is 44.9 Å². The highest BCUT2D eigenvalue weighted by atomic mass is 32.2. The molecule has 31 heavy (non-hydrogen) atoms. The first-order valence-electron chi connectivity index (χ1n) is 10.1. The molecule has 2 fully saturated rings. The maximum absolute atomic E-state index is 12.9. The van der Waals surface area contributed by atoms with E-state index in [9.17, 15) is 14.4 Å². The summed E-state index contributed by atoms with van der Waals surface area (Å²) >= 11 is 1.49. The first kappa shape index (κ1) is 21.4. The van der Waals surface area contributed by atoms with Crippen LogP contribution in [-0.2, 0) is 25.7 Å². The second-order valence-electron chi connectivity index (χ2n) is 8.23. The van der Waals surface area contributed by atoms with Gasteiger partial charge in [0.25, 0.3) is 0 Å². The highest BCUT2D eigenvalue weighted by molar-refractivity contribution is 8.01. The Bertz CT molecular complexity index is 983. The van der Waals surface area contributed by atoms with Gasteiger partial charge in [0.2, 0.25) is 11.8 Å². The molecule has 4 rings (SSSR count). The van der Waals surface area contributed by atoms with Crippen molar-refractivity contribution in [3.8, 4) is 0 Å². The lowest BCUT2D eigenvalue weighted by atomic mass is 9.95. The maximum Gasteiger partial charge on any atom is 0.330 e. The number of nitrogens with one attached hydrogen (secondary N) is 1. The average Bonchev–Trinajstić information content (AvgIpc) is 3.04. The van der Waals surface area contributed by atoms with Gasteiger partial charge in [-0.25, -0.2) is 4.79 Å². The predicted octanol–water partition coefficient (Wildman–Crippen LogP) is 1.98. The smallest absolute Gasteiger partial charge is 0.330 e. The van der Waals surface area contributed by atoms with E-state index in [0.717, 1.165) is 5.56 Å². The summed E-state index contributed by atoms with van der Waals surface area (Å²) in [4.78, 5) is 39.9. The number of esters is 1. The zero-order chi connectivity index (χ0) is 22.2. The first-order valence-corrected chi connectivity index (χ1v) is 11.0. The summed E-state index contributed by atoms with van der Waals surface area (Å²) in [5.41, 5.74) is 7.61. The minimum atomic E-state index is -0.867. The van der Waals surface area contributed by atoms with Crippen LogP contribution in [0.4, 0.5) is 0 Å². The molecule has 0 spiro atoms. The lowest BCUT2D eigenvalue weighted by molar-refractivity contribution is -0.165. The molecule has 0 aromatic heterocycles. The number of ether oxygens (including phenoxy) is 1. The summed E-state index contributed by atoms with van der Waals surface area (Å²) in [6.07, 6.45) is 0. The lowest BCUT2D eigenvalue weighted by Gasteiger charge is -2.44. The third kappa shape index (κ3) is 4.05. The largest absolute Gasteiger partial charge is 0.459 e. The topological polar surface area (TPSA) is 102 Å². The van der Waals surface area contributed by atoms with Gasteiger partial charge in [-0.3, -0.25) is 9.59 Å². The highest BCUT2D eigenvalue weighted by Gasteiger charge is 2.64. The van der Waals surface area contributed by atoms with Gasteiger partial charge in [0.1, 0.15) is 30.1 Å². The van der Waals surface area contributed by atoms with Gasteiger partial charge in [-0.15, -0.1) is 11.8 Å². The van der Waals surface area contributed by atoms with Crippen molar-refractivity contribution in [1.29, 1.82) is 0 Å². The number of benzene rings is 2. The molecule has 4 atom stereocenters. The molecule has 7 nitrogen and oxygen atoms in total. The minimum absolute atomic E-state index is 0.149. The molecule has 2 saturated heterocycles. The third-order valence-corrected chi connectivity index (χ3v) is 7.20. The molecule has 0 radical (unpaired) electrons. The summed E-state index contributed by atoms with van der Waals surface area (Å²) in [5.74, 6) is -1.15. The molecule has 2 aliphatic rings. The Hall–Kier alpha value is -2.84. The molecule has 8 heteroatoms. The molecular formula is C23H25N3O4S. The van der Waals surface area contributed by atoms with E-state index >= 15 is 0 Å². The van der Waals surface area contributed by atoms with Gasteiger partial charge in [-0.2, -0.15) is 0 Å². The fourth-order valence-electron chi connectivity index (χ4n) is 3.99. The van der Waals surface area contributed by atoms with Gasteiger partial charge < -0.3 is 20.7 Å². The van der Waals surface area contributed by atoms with Gasteiger partial charge in [0.05, 0.1) is 0 Å². The van der Waals surface area contributed by atoms with E-state index in [2.05, 4.69) is 5.32 Å². The quantitative estimate of drug-likeness (QED) is 0.527. The van der Waals surface area contributed by atoms with Gasteiger partial charge in [0, 0.05) is 4.75 Å². The average molecular weight is 440 g/mol. The Kier molecular flexibility index (Phi) is 5.77. The molecule has 2 amide bonds. The molecule has 162 valence electrons. The number of amides is 2. The number of carbonyl (C=O) groups is 3. The van der Waals surface area contributed by atoms with Crippen LogP contribution in [0.3, 0.4) is 0 Å². The lowest BCUT2D eigenvalue weighted by Crippen LogP contribution is -2.71. The number of fused-ring (bicyclic) bond motifs is 1. The first-order chi connectivity index (χ1) is 14.8. The van der Waals surface area contributed by atoms with E-state index in [-0.39, 0.29) is 17.9 Å². The molecule has 0 aliphatic carbocycles. The third-order valence-electron chi connectivity index (χ3n) is 5.63. The zero-order valence-electron chi connectivity index (χ0n) is 17.4. The van der Waals surface area contributed by atoms with Crippen molar-refractivity contribution in [3.63, 3.8) is 0 Å². The number of nitrogens with zero attached hydrogens (tertiary/aromatic N) is 1. The molecule has 2 aliphatic heterocycles. The van der Waals surface area contributed by atoms with Crippen LogP contribution in [0, 0.1) is 0 Å². The summed E-state index contributed by atoms with van der Waals surface area (Å²) in [7, 11) is 0. The zero-order valence-corrected chi connectivity index (χ0v) is 18.2. The van der Waals surface area contributed by atoms with Crippen LogP contribution in [0.25, 0.3) is 0 Å². The molecule has 2 heterocycles. The van der Waals surface area contributed by atoms with E-state index in [1.807, 2.05) is 50.2 Å². The van der Waals surface area contributed by atoms with Gasteiger partial charge in [-0.05, 0) is 25.0 Å². The van der Waals surface area contributed by atoms with E-state index in [1.165, 1.54) is 16.7 Å². The maximum atomic E-state index is 12.9. The van der Waals surface area contributed by atoms with E-state index in [0.29, 0.717) is 5.56 Å². The normalized spacial score (nSPS) is 24.7. The summed E-state index contributed by atoms with van der Waals surface area (Å²) in [6.45, 7) is 3.97. The van der Waals surface area contributed by atoms with Crippen molar-refractivity contribution in [3.05, 3.63) is 71.8 Å². The standard InChI is InChI=1S/C23H25N3O4S/c1-23(2)18(22(29)30-13-14-9-5-3-6-10-14)26-20(28)17(21(26)31-23)25-19(27)16(24)15-11-7-4-8-12-15/h3-12,16-18,21H,13,24H2,1-2H3,(H,25,27)/t16?,17?,18-,21+/m0/s1. The molecular weight excluding hydrogens is 414 g/mol. The van der Waals surface area contributed by atoms with Crippen LogP contribution >= 0.6 is 11.8 Å². The molecule has 0 bridgehead atoms. The molecule has 2 aromatic carbocycles. The number of β-lactam (4-membered cyclic amide) rings is 1. The Labute approximate surface area is 185 Å². The molecule has 2 aromatic rings. The van der Waals surface area contributed by atoms with Crippen molar-refractivity contribution in [2.24, 2.45) is 5.73 Å². The predicted molar refractivity (Wildman–Crippen MR) is 118 cm³/mol. The SMILES string of the molecule is CC1(C)S[C@@H]2C(NC(=O)C(N)c3ccccc3)C(=O)N2[C@H]1C(=O)OCc1ccccc1. The van der Waals surface area contributed by atoms with E-state index < -0.39 is 34.7 Å². The second kappa shape index (κ2) is 8.36. The fraction of sp³-hybridized carbons (Fsp3) is 0.348. The van der Waals surface area contributed by atoms with Gasteiger partial charge in [-0.1, -0.05) is 60.7 Å². The fourth-order valence-corrected chi connectivity index (χ4v) is 5.61. The van der Waals surface area contributed by atoms with Crippen molar-refractivity contribution in [2.45, 2.75) is 48.7 Å². The summed E-state index contributed by atoms with van der Waals surface area (Å²) in [5, 5.41) is 2.43. The Morgan fingerprint density at radius 1 is 1.13 bits per heavy atom. The van der Waals surface area contributed by atoms with Crippen LogP contribution in [0.5, 0.6) is 0 Å². The van der Waals surface area contributed by atoms with Crippen molar-refractivity contribution in [1.82, 2.24) is 10.2 Å². The Morgan fingerprint density at radius 3 is 2.39 bits per heavy atom. The number of rotatable bonds is 6. The van der Waals surface area contributed by atoms with Crippen LogP contribution in [0.2, 0.25) is 0 Å². The van der Waals surface area contributed by atoms with Crippen LogP contribution in [0.15, 0.2) is 60.7 Å². The highest BCUT2D eigenvalue weighted by Crippen LogP contribution is 2.51. The molecule has 3 N–H and O–H groups in total. The minimum Gasteiger partial charge on any atom is -0.459 e. The van der Waals surface area contributed by atoms with Crippen molar-refractivity contribution < 1.29 is 19.1 Å². The van der Waals surface area contributed by atoms with E-state index in [4.69, 9.17) is 10.5 Å². The summed E-state index contributed by atoms with van der Waals surface area (Å²) in [6, 6.07) is 16.1. The molecule has 0 saturated carbocycles. The summed E-state index contributed by atoms with van der Waals surface area (Å²) < 4.78 is 4.96. The monoisotopic (exact) mass is 439 g/mol. The van der Waals surface area contributed by atoms with E-state index in [1.54, 1.807) is 24.3 Å². The second-order valence-corrected chi connectivity index (χ2v) is 10.00.